The second-order valence-electron chi connectivity index (χ2n) is 3.87. The first kappa shape index (κ1) is 14.7. The molecule has 1 aromatic heterocycles. The van der Waals surface area contributed by atoms with E-state index in [4.69, 9.17) is 5.73 Å². The number of carbonyl (C=O) groups is 2. The molecule has 0 fully saturated rings. The molecule has 0 bridgehead atoms. The molecule has 2 amide bonds. The van der Waals surface area contributed by atoms with E-state index in [1.165, 1.54) is 0 Å². The van der Waals surface area contributed by atoms with E-state index in [2.05, 4.69) is 21.2 Å². The summed E-state index contributed by atoms with van der Waals surface area (Å²) in [4.78, 5) is 22.5. The molecule has 0 aromatic carbocycles. The van der Waals surface area contributed by atoms with Crippen LogP contribution in [-0.2, 0) is 11.3 Å². The predicted molar refractivity (Wildman–Crippen MR) is 70.0 cm³/mol. The van der Waals surface area contributed by atoms with Crippen molar-refractivity contribution in [3.05, 3.63) is 22.4 Å². The molecular formula is C11H16BrN3O3. The molecule has 0 aliphatic carbocycles. The van der Waals surface area contributed by atoms with Crippen LogP contribution in [0, 0.1) is 0 Å². The van der Waals surface area contributed by atoms with Gasteiger partial charge in [0.25, 0.3) is 5.91 Å². The summed E-state index contributed by atoms with van der Waals surface area (Å²) in [6.07, 6.45) is 1.33. The molecule has 4 N–H and O–H groups in total. The monoisotopic (exact) mass is 317 g/mol. The van der Waals surface area contributed by atoms with Gasteiger partial charge in [-0.05, 0) is 28.4 Å². The number of nitrogens with one attached hydrogen (secondary N) is 1. The van der Waals surface area contributed by atoms with Crippen LogP contribution < -0.4 is 11.1 Å². The lowest BCUT2D eigenvalue weighted by atomic mass is 10.3. The van der Waals surface area contributed by atoms with Gasteiger partial charge in [-0.1, -0.05) is 6.92 Å². The van der Waals surface area contributed by atoms with Gasteiger partial charge in [0.15, 0.2) is 0 Å². The van der Waals surface area contributed by atoms with Crippen molar-refractivity contribution in [3.63, 3.8) is 0 Å². The fourth-order valence-electron chi connectivity index (χ4n) is 1.47. The van der Waals surface area contributed by atoms with E-state index in [1.54, 1.807) is 10.6 Å². The van der Waals surface area contributed by atoms with Crippen molar-refractivity contribution in [3.8, 4) is 0 Å². The molecule has 1 aromatic rings. The lowest BCUT2D eigenvalue weighted by Crippen LogP contribution is -2.40. The quantitative estimate of drug-likeness (QED) is 0.701. The minimum atomic E-state index is -1.37. The molecule has 0 spiro atoms. The minimum Gasteiger partial charge on any atom is -0.381 e. The van der Waals surface area contributed by atoms with Gasteiger partial charge in [0.2, 0.25) is 5.91 Å². The van der Waals surface area contributed by atoms with Gasteiger partial charge in [-0.25, -0.2) is 0 Å². The summed E-state index contributed by atoms with van der Waals surface area (Å²) in [5.74, 6) is -1.21. The predicted octanol–water partition coefficient (Wildman–Crippen LogP) is 0.237. The highest BCUT2D eigenvalue weighted by atomic mass is 79.9. The number of halogens is 1. The zero-order valence-electron chi connectivity index (χ0n) is 10.0. The Kier molecular flexibility index (Phi) is 5.36. The smallest absolute Gasteiger partial charge is 0.268 e. The number of aromatic nitrogens is 1. The third kappa shape index (κ3) is 3.85. The second kappa shape index (κ2) is 6.55. The molecule has 18 heavy (non-hydrogen) atoms. The van der Waals surface area contributed by atoms with Crippen molar-refractivity contribution >= 4 is 27.7 Å². The van der Waals surface area contributed by atoms with Gasteiger partial charge in [0.1, 0.15) is 11.8 Å². The van der Waals surface area contributed by atoms with Crippen LogP contribution in [0.25, 0.3) is 0 Å². The lowest BCUT2D eigenvalue weighted by Gasteiger charge is -2.10. The number of rotatable bonds is 6. The van der Waals surface area contributed by atoms with E-state index in [1.807, 2.05) is 13.1 Å². The Balaban J connectivity index is 2.69. The molecule has 7 heteroatoms. The number of nitrogens with two attached hydrogens (primary N) is 1. The Morgan fingerprint density at radius 1 is 1.61 bits per heavy atom. The minimum absolute atomic E-state index is 0.191. The number of primary amides is 1. The maximum atomic E-state index is 11.9. The molecule has 0 aliphatic rings. The second-order valence-corrected chi connectivity index (χ2v) is 4.78. The SMILES string of the molecule is CCCn1cc(Br)cc1C(=O)NCC(O)C(N)=O. The first-order valence-corrected chi connectivity index (χ1v) is 6.36. The van der Waals surface area contributed by atoms with Crippen LogP contribution in [0.15, 0.2) is 16.7 Å². The van der Waals surface area contributed by atoms with Crippen molar-refractivity contribution in [2.75, 3.05) is 6.54 Å². The van der Waals surface area contributed by atoms with Crippen LogP contribution in [0.3, 0.4) is 0 Å². The summed E-state index contributed by atoms with van der Waals surface area (Å²) in [7, 11) is 0. The summed E-state index contributed by atoms with van der Waals surface area (Å²) in [6.45, 7) is 2.53. The molecule has 0 radical (unpaired) electrons. The zero-order chi connectivity index (χ0) is 13.7. The first-order valence-electron chi connectivity index (χ1n) is 5.57. The van der Waals surface area contributed by atoms with Crippen molar-refractivity contribution in [2.24, 2.45) is 5.73 Å². The van der Waals surface area contributed by atoms with Crippen LogP contribution in [0.2, 0.25) is 0 Å². The normalized spacial score (nSPS) is 12.2. The number of aliphatic hydroxyl groups excluding tert-OH is 1. The van der Waals surface area contributed by atoms with Crippen molar-refractivity contribution in [2.45, 2.75) is 26.0 Å². The summed E-state index contributed by atoms with van der Waals surface area (Å²) < 4.78 is 2.60. The van der Waals surface area contributed by atoms with Crippen LogP contribution in [0.5, 0.6) is 0 Å². The summed E-state index contributed by atoms with van der Waals surface area (Å²) in [6, 6.07) is 1.68. The van der Waals surface area contributed by atoms with Gasteiger partial charge in [-0.15, -0.1) is 0 Å². The highest BCUT2D eigenvalue weighted by molar-refractivity contribution is 9.10. The molecule has 1 unspecified atom stereocenters. The Morgan fingerprint density at radius 3 is 2.83 bits per heavy atom. The Morgan fingerprint density at radius 2 is 2.28 bits per heavy atom. The standard InChI is InChI=1S/C11H16BrN3O3/c1-2-3-15-6-7(12)4-8(15)11(18)14-5-9(16)10(13)17/h4,6,9,16H,2-3,5H2,1H3,(H2,13,17)(H,14,18). The number of aliphatic hydroxyl groups is 1. The van der Waals surface area contributed by atoms with Crippen molar-refractivity contribution in [1.82, 2.24) is 9.88 Å². The Bertz CT molecular complexity index is 445. The summed E-state index contributed by atoms with van der Waals surface area (Å²) in [5, 5.41) is 11.7. The molecule has 1 atom stereocenters. The average Bonchev–Trinajstić information content (AvgIpc) is 2.67. The molecule has 0 saturated heterocycles. The van der Waals surface area contributed by atoms with Gasteiger partial charge in [0.05, 0.1) is 6.54 Å². The lowest BCUT2D eigenvalue weighted by molar-refractivity contribution is -0.125. The number of carbonyl (C=O) groups excluding carboxylic acids is 2. The van der Waals surface area contributed by atoms with Gasteiger partial charge in [-0.3, -0.25) is 9.59 Å². The van der Waals surface area contributed by atoms with E-state index in [0.717, 1.165) is 10.9 Å². The van der Waals surface area contributed by atoms with Crippen molar-refractivity contribution < 1.29 is 14.7 Å². The molecule has 0 saturated carbocycles. The van der Waals surface area contributed by atoms with Gasteiger partial charge < -0.3 is 20.7 Å². The molecule has 1 heterocycles. The van der Waals surface area contributed by atoms with Gasteiger partial charge in [0, 0.05) is 17.2 Å². The number of aryl methyl sites for hydroxylation is 1. The highest BCUT2D eigenvalue weighted by Gasteiger charge is 2.16. The van der Waals surface area contributed by atoms with E-state index < -0.39 is 12.0 Å². The van der Waals surface area contributed by atoms with Gasteiger partial charge >= 0.3 is 0 Å². The number of hydrogen-bond acceptors (Lipinski definition) is 3. The van der Waals surface area contributed by atoms with E-state index in [0.29, 0.717) is 12.2 Å². The number of amides is 2. The summed E-state index contributed by atoms with van der Waals surface area (Å²) >= 11 is 3.30. The largest absolute Gasteiger partial charge is 0.381 e. The number of hydrogen-bond donors (Lipinski definition) is 3. The van der Waals surface area contributed by atoms with Gasteiger partial charge in [-0.2, -0.15) is 0 Å². The van der Waals surface area contributed by atoms with Crippen LogP contribution in [0.1, 0.15) is 23.8 Å². The van der Waals surface area contributed by atoms with E-state index in [-0.39, 0.29) is 12.5 Å². The third-order valence-corrected chi connectivity index (χ3v) is 2.78. The molecule has 6 nitrogen and oxygen atoms in total. The third-order valence-electron chi connectivity index (χ3n) is 2.34. The van der Waals surface area contributed by atoms with Crippen LogP contribution >= 0.6 is 15.9 Å². The first-order chi connectivity index (χ1) is 8.45. The Hall–Kier alpha value is -1.34. The maximum absolute atomic E-state index is 11.9. The Labute approximate surface area is 113 Å². The number of nitrogens with zero attached hydrogens (tertiary/aromatic N) is 1. The summed E-state index contributed by atoms with van der Waals surface area (Å²) in [5.41, 5.74) is 5.36. The average molecular weight is 318 g/mol. The maximum Gasteiger partial charge on any atom is 0.268 e. The fourth-order valence-corrected chi connectivity index (χ4v) is 1.94. The molecule has 1 rings (SSSR count). The van der Waals surface area contributed by atoms with E-state index in [9.17, 15) is 14.7 Å². The van der Waals surface area contributed by atoms with Crippen LogP contribution in [-0.4, -0.2) is 34.1 Å². The zero-order valence-corrected chi connectivity index (χ0v) is 11.6. The van der Waals surface area contributed by atoms with E-state index >= 15 is 0 Å². The molecular weight excluding hydrogens is 302 g/mol. The topological polar surface area (TPSA) is 97.3 Å². The fraction of sp³-hybridized carbons (Fsp3) is 0.455. The van der Waals surface area contributed by atoms with Crippen molar-refractivity contribution in [1.29, 1.82) is 0 Å². The molecule has 100 valence electrons. The molecule has 0 aliphatic heterocycles. The van der Waals surface area contributed by atoms with Crippen LogP contribution in [0.4, 0.5) is 0 Å². The highest BCUT2D eigenvalue weighted by Crippen LogP contribution is 2.15.